The van der Waals surface area contributed by atoms with Gasteiger partial charge in [-0.05, 0) is 31.0 Å². The monoisotopic (exact) mass is 295 g/mol. The molecule has 0 amide bonds. The summed E-state index contributed by atoms with van der Waals surface area (Å²) in [6.07, 6.45) is 10.4. The molecule has 1 aromatic rings. The van der Waals surface area contributed by atoms with Crippen molar-refractivity contribution < 1.29 is 0 Å². The summed E-state index contributed by atoms with van der Waals surface area (Å²) in [5.41, 5.74) is 1.26. The Morgan fingerprint density at radius 1 is 0.950 bits per heavy atom. The zero-order chi connectivity index (χ0) is 14.6. The van der Waals surface area contributed by atoms with Crippen molar-refractivity contribution in [3.8, 4) is 0 Å². The minimum absolute atomic E-state index is 0.412. The summed E-state index contributed by atoms with van der Waals surface area (Å²) in [6.45, 7) is 5.54. The Morgan fingerprint density at radius 2 is 1.65 bits per heavy atom. The van der Waals surface area contributed by atoms with Crippen LogP contribution in [-0.2, 0) is 0 Å². The molecule has 0 aliphatic heterocycles. The van der Waals surface area contributed by atoms with E-state index in [9.17, 15) is 0 Å². The highest BCUT2D eigenvalue weighted by Crippen LogP contribution is 2.26. The van der Waals surface area contributed by atoms with Gasteiger partial charge < -0.3 is 5.32 Å². The standard InChI is InChI=1S/C18H30ClN/c1-3-5-6-7-8-9-14-18(20-15-4-2)16-12-10-11-13-17(16)19/h10-13,18,20H,3-9,14-15H2,1-2H3. The Kier molecular flexibility index (Phi) is 9.78. The van der Waals surface area contributed by atoms with Gasteiger partial charge in [0.25, 0.3) is 0 Å². The predicted octanol–water partition coefficient (Wildman–Crippen LogP) is 6.13. The number of benzene rings is 1. The lowest BCUT2D eigenvalue weighted by Gasteiger charge is -2.20. The molecule has 114 valence electrons. The van der Waals surface area contributed by atoms with Crippen molar-refractivity contribution in [2.24, 2.45) is 0 Å². The van der Waals surface area contributed by atoms with Crippen LogP contribution in [-0.4, -0.2) is 6.54 Å². The number of nitrogens with one attached hydrogen (secondary N) is 1. The third-order valence-electron chi connectivity index (χ3n) is 3.77. The van der Waals surface area contributed by atoms with Gasteiger partial charge in [-0.25, -0.2) is 0 Å². The van der Waals surface area contributed by atoms with Crippen molar-refractivity contribution in [2.45, 2.75) is 71.3 Å². The van der Waals surface area contributed by atoms with E-state index < -0.39 is 0 Å². The van der Waals surface area contributed by atoms with E-state index in [4.69, 9.17) is 11.6 Å². The van der Waals surface area contributed by atoms with Crippen molar-refractivity contribution >= 4 is 11.6 Å². The van der Waals surface area contributed by atoms with Gasteiger partial charge in [-0.3, -0.25) is 0 Å². The lowest BCUT2D eigenvalue weighted by atomic mass is 9.99. The van der Waals surface area contributed by atoms with E-state index in [1.165, 1.54) is 50.5 Å². The van der Waals surface area contributed by atoms with Gasteiger partial charge in [0.15, 0.2) is 0 Å². The smallest absolute Gasteiger partial charge is 0.0453 e. The molecule has 0 aliphatic rings. The van der Waals surface area contributed by atoms with E-state index in [1.54, 1.807) is 0 Å². The molecule has 0 aliphatic carbocycles. The second-order valence-corrected chi connectivity index (χ2v) is 5.99. The van der Waals surface area contributed by atoms with Crippen LogP contribution in [0.3, 0.4) is 0 Å². The van der Waals surface area contributed by atoms with Crippen molar-refractivity contribution in [1.29, 1.82) is 0 Å². The van der Waals surface area contributed by atoms with Crippen LogP contribution in [0.2, 0.25) is 5.02 Å². The number of unbranched alkanes of at least 4 members (excludes halogenated alkanes) is 5. The Balaban J connectivity index is 2.42. The van der Waals surface area contributed by atoms with Crippen LogP contribution in [0, 0.1) is 0 Å². The maximum absolute atomic E-state index is 6.34. The molecule has 0 saturated heterocycles. The van der Waals surface area contributed by atoms with Crippen LogP contribution in [0.4, 0.5) is 0 Å². The molecule has 1 rings (SSSR count). The van der Waals surface area contributed by atoms with Gasteiger partial charge in [0.05, 0.1) is 0 Å². The summed E-state index contributed by atoms with van der Waals surface area (Å²) < 4.78 is 0. The highest BCUT2D eigenvalue weighted by atomic mass is 35.5. The van der Waals surface area contributed by atoms with Gasteiger partial charge >= 0.3 is 0 Å². The Morgan fingerprint density at radius 3 is 2.35 bits per heavy atom. The first kappa shape index (κ1) is 17.5. The summed E-state index contributed by atoms with van der Waals surface area (Å²) in [5, 5.41) is 4.54. The summed E-state index contributed by atoms with van der Waals surface area (Å²) >= 11 is 6.34. The molecule has 0 bridgehead atoms. The van der Waals surface area contributed by atoms with Crippen molar-refractivity contribution in [3.05, 3.63) is 34.9 Å². The topological polar surface area (TPSA) is 12.0 Å². The lowest BCUT2D eigenvalue weighted by molar-refractivity contribution is 0.466. The highest BCUT2D eigenvalue weighted by Gasteiger charge is 2.12. The lowest BCUT2D eigenvalue weighted by Crippen LogP contribution is -2.22. The van der Waals surface area contributed by atoms with Crippen molar-refractivity contribution in [1.82, 2.24) is 5.32 Å². The molecular formula is C18H30ClN. The van der Waals surface area contributed by atoms with E-state index in [0.717, 1.165) is 18.0 Å². The van der Waals surface area contributed by atoms with Crippen molar-refractivity contribution in [3.63, 3.8) is 0 Å². The van der Waals surface area contributed by atoms with Crippen LogP contribution in [0.1, 0.15) is 76.8 Å². The fourth-order valence-corrected chi connectivity index (χ4v) is 2.84. The normalized spacial score (nSPS) is 12.6. The van der Waals surface area contributed by atoms with Crippen molar-refractivity contribution in [2.75, 3.05) is 6.54 Å². The fraction of sp³-hybridized carbons (Fsp3) is 0.667. The molecule has 1 nitrogen and oxygen atoms in total. The van der Waals surface area contributed by atoms with E-state index in [-0.39, 0.29) is 0 Å². The van der Waals surface area contributed by atoms with Gasteiger partial charge in [-0.15, -0.1) is 0 Å². The van der Waals surface area contributed by atoms with E-state index in [2.05, 4.69) is 31.3 Å². The third kappa shape index (κ3) is 6.76. The SMILES string of the molecule is CCCCCCCCC(NCCC)c1ccccc1Cl. The number of hydrogen-bond acceptors (Lipinski definition) is 1. The maximum atomic E-state index is 6.34. The molecule has 1 N–H and O–H groups in total. The average molecular weight is 296 g/mol. The largest absolute Gasteiger partial charge is 0.310 e. The first-order valence-corrected chi connectivity index (χ1v) is 8.65. The summed E-state index contributed by atoms with van der Waals surface area (Å²) in [5.74, 6) is 0. The molecule has 2 heteroatoms. The van der Waals surface area contributed by atoms with Crippen LogP contribution >= 0.6 is 11.6 Å². The number of halogens is 1. The fourth-order valence-electron chi connectivity index (χ4n) is 2.57. The Hall–Kier alpha value is -0.530. The second-order valence-electron chi connectivity index (χ2n) is 5.58. The molecule has 1 unspecified atom stereocenters. The molecule has 0 aromatic heterocycles. The predicted molar refractivity (Wildman–Crippen MR) is 90.5 cm³/mol. The first-order valence-electron chi connectivity index (χ1n) is 8.27. The zero-order valence-electron chi connectivity index (χ0n) is 13.1. The number of hydrogen-bond donors (Lipinski definition) is 1. The summed E-state index contributed by atoms with van der Waals surface area (Å²) in [4.78, 5) is 0. The van der Waals surface area contributed by atoms with Crippen LogP contribution in [0.15, 0.2) is 24.3 Å². The van der Waals surface area contributed by atoms with Crippen LogP contribution in [0.25, 0.3) is 0 Å². The van der Waals surface area contributed by atoms with Gasteiger partial charge in [0.1, 0.15) is 0 Å². The third-order valence-corrected chi connectivity index (χ3v) is 4.11. The van der Waals surface area contributed by atoms with Crippen LogP contribution in [0.5, 0.6) is 0 Å². The molecule has 1 atom stereocenters. The van der Waals surface area contributed by atoms with Crippen LogP contribution < -0.4 is 5.32 Å². The first-order chi connectivity index (χ1) is 9.79. The average Bonchev–Trinajstić information content (AvgIpc) is 2.47. The zero-order valence-corrected chi connectivity index (χ0v) is 13.9. The Bertz CT molecular complexity index is 351. The summed E-state index contributed by atoms with van der Waals surface area (Å²) in [7, 11) is 0. The van der Waals surface area contributed by atoms with Gasteiger partial charge in [-0.1, -0.05) is 82.2 Å². The highest BCUT2D eigenvalue weighted by molar-refractivity contribution is 6.31. The van der Waals surface area contributed by atoms with Gasteiger partial charge in [0.2, 0.25) is 0 Å². The molecule has 0 radical (unpaired) electrons. The minimum atomic E-state index is 0.412. The second kappa shape index (κ2) is 11.2. The number of rotatable bonds is 11. The molecule has 0 spiro atoms. The minimum Gasteiger partial charge on any atom is -0.310 e. The Labute approximate surface area is 130 Å². The molecule has 0 heterocycles. The molecular weight excluding hydrogens is 266 g/mol. The molecule has 0 saturated carbocycles. The maximum Gasteiger partial charge on any atom is 0.0453 e. The van der Waals surface area contributed by atoms with E-state index in [0.29, 0.717) is 6.04 Å². The van der Waals surface area contributed by atoms with Gasteiger partial charge in [0, 0.05) is 11.1 Å². The molecule has 20 heavy (non-hydrogen) atoms. The van der Waals surface area contributed by atoms with E-state index >= 15 is 0 Å². The molecule has 0 fully saturated rings. The molecule has 1 aromatic carbocycles. The van der Waals surface area contributed by atoms with E-state index in [1.807, 2.05) is 12.1 Å². The van der Waals surface area contributed by atoms with Gasteiger partial charge in [-0.2, -0.15) is 0 Å². The summed E-state index contributed by atoms with van der Waals surface area (Å²) in [6, 6.07) is 8.66. The quantitative estimate of drug-likeness (QED) is 0.484.